The lowest BCUT2D eigenvalue weighted by Crippen LogP contribution is -2.41. The number of carbonyl (C=O) groups excluding carboxylic acids is 2. The summed E-state index contributed by atoms with van der Waals surface area (Å²) in [4.78, 5) is 41.8. The Morgan fingerprint density at radius 2 is 1.90 bits per heavy atom. The molecule has 1 aromatic rings. The number of amides is 2. The highest BCUT2D eigenvalue weighted by Gasteiger charge is 2.61. The Bertz CT molecular complexity index is 693. The summed E-state index contributed by atoms with van der Waals surface area (Å²) in [6, 6.07) is 9.85. The highest BCUT2D eigenvalue weighted by molar-refractivity contribution is 5.92. The molecule has 0 heterocycles. The number of hydrogen-bond acceptors (Lipinski definition) is 4. The number of nitrogens with zero attached hydrogens (tertiary/aromatic N) is 2. The van der Waals surface area contributed by atoms with E-state index < -0.39 is 10.5 Å². The average molecular weight is 407 g/mol. The number of unbranched alkanes of at least 4 members (excludes halogenated alkanes) is 2. The normalized spacial score (nSPS) is 20.0. The monoisotopic (exact) mass is 406 g/mol. The molecule has 2 N–H and O–H groups in total. The van der Waals surface area contributed by atoms with E-state index >= 15 is 0 Å². The van der Waals surface area contributed by atoms with Crippen molar-refractivity contribution in [2.75, 3.05) is 26.2 Å². The molecule has 2 atom stereocenters. The second-order valence-corrected chi connectivity index (χ2v) is 7.40. The van der Waals surface area contributed by atoms with Gasteiger partial charge in [0, 0.05) is 26.1 Å². The largest absolute Gasteiger partial charge is 0.475 e. The van der Waals surface area contributed by atoms with E-state index in [2.05, 4.69) is 10.2 Å². The van der Waals surface area contributed by atoms with E-state index in [0.29, 0.717) is 38.9 Å². The van der Waals surface area contributed by atoms with E-state index in [0.717, 1.165) is 18.4 Å². The van der Waals surface area contributed by atoms with Gasteiger partial charge in [-0.1, -0.05) is 30.3 Å². The zero-order valence-corrected chi connectivity index (χ0v) is 17.3. The molecule has 1 saturated carbocycles. The predicted octanol–water partition coefficient (Wildman–Crippen LogP) is 2.59. The molecule has 0 bridgehead atoms. The van der Waals surface area contributed by atoms with E-state index in [9.17, 15) is 14.5 Å². The maximum Gasteiger partial charge on any atom is 0.475 e. The second-order valence-electron chi connectivity index (χ2n) is 7.40. The lowest BCUT2D eigenvalue weighted by atomic mass is 9.91. The lowest BCUT2D eigenvalue weighted by molar-refractivity contribution is -0.975. The molecule has 0 saturated heterocycles. The molecule has 8 nitrogen and oxygen atoms in total. The molecule has 29 heavy (non-hydrogen) atoms. The number of benzene rings is 1. The zero-order valence-electron chi connectivity index (χ0n) is 17.3. The van der Waals surface area contributed by atoms with Crippen molar-refractivity contribution in [2.45, 2.75) is 51.4 Å². The summed E-state index contributed by atoms with van der Waals surface area (Å²) in [5.74, 6) is 0.204. The Labute approximate surface area is 171 Å². The Hall–Kier alpha value is -2.64. The first-order valence-electron chi connectivity index (χ1n) is 10.4. The van der Waals surface area contributed by atoms with Gasteiger partial charge in [-0.25, -0.2) is 5.21 Å². The van der Waals surface area contributed by atoms with Crippen LogP contribution in [0.1, 0.15) is 51.5 Å². The first kappa shape index (κ1) is 22.6. The van der Waals surface area contributed by atoms with Crippen molar-refractivity contribution >= 4 is 11.8 Å². The summed E-state index contributed by atoms with van der Waals surface area (Å²) in [5, 5.41) is 10.7. The highest BCUT2D eigenvalue weighted by Crippen LogP contribution is 2.55. The first-order valence-corrected chi connectivity index (χ1v) is 10.4. The van der Waals surface area contributed by atoms with Crippen LogP contribution in [0.2, 0.25) is 0 Å². The lowest BCUT2D eigenvalue weighted by Gasteiger charge is -2.26. The molecule has 8 heteroatoms. The van der Waals surface area contributed by atoms with Gasteiger partial charge < -0.3 is 10.2 Å². The van der Waals surface area contributed by atoms with Crippen molar-refractivity contribution in [1.82, 2.24) is 10.2 Å². The van der Waals surface area contributed by atoms with E-state index in [1.165, 1.54) is 0 Å². The fourth-order valence-corrected chi connectivity index (χ4v) is 3.88. The van der Waals surface area contributed by atoms with Crippen molar-refractivity contribution in [3.63, 3.8) is 0 Å². The van der Waals surface area contributed by atoms with Crippen LogP contribution in [0, 0.1) is 10.8 Å². The smallest absolute Gasteiger partial charge is 0.356 e. The Kier molecular flexibility index (Phi) is 8.42. The molecule has 1 aliphatic rings. The number of likely N-dealkylation sites (N-methyl/N-ethyl adjacent to an activating group) is 1. The van der Waals surface area contributed by atoms with Crippen LogP contribution in [0.4, 0.5) is 0 Å². The molecule has 1 aliphatic carbocycles. The second kappa shape index (κ2) is 10.8. The van der Waals surface area contributed by atoms with Crippen LogP contribution < -0.4 is 5.32 Å². The summed E-state index contributed by atoms with van der Waals surface area (Å²) in [6.45, 7) is 5.93. The van der Waals surface area contributed by atoms with Gasteiger partial charge in [0.15, 0.2) is 6.61 Å². The fourth-order valence-electron chi connectivity index (χ4n) is 3.88. The van der Waals surface area contributed by atoms with Crippen molar-refractivity contribution in [3.05, 3.63) is 40.8 Å². The average Bonchev–Trinajstić information content (AvgIpc) is 3.46. The van der Waals surface area contributed by atoms with Crippen molar-refractivity contribution in [2.24, 2.45) is 5.92 Å². The Morgan fingerprint density at radius 1 is 1.21 bits per heavy atom. The molecular formula is C21H32N3O5+. The molecule has 0 aromatic heterocycles. The van der Waals surface area contributed by atoms with Crippen LogP contribution in [-0.4, -0.2) is 53.2 Å². The first-order chi connectivity index (χ1) is 14.0. The fraction of sp³-hybridized carbons (Fsp3) is 0.619. The minimum absolute atomic E-state index is 0.0392. The topological polar surface area (TPSA) is 99.0 Å². The molecule has 2 amide bonds. The number of carbonyl (C=O) groups is 2. The Morgan fingerprint density at radius 3 is 2.52 bits per heavy atom. The molecule has 160 valence electrons. The van der Waals surface area contributed by atoms with Gasteiger partial charge >= 0.3 is 5.09 Å². The zero-order chi connectivity index (χ0) is 21.3. The predicted molar refractivity (Wildman–Crippen MR) is 107 cm³/mol. The van der Waals surface area contributed by atoms with Gasteiger partial charge in [-0.15, -0.1) is 0 Å². The third-order valence-electron chi connectivity index (χ3n) is 5.62. The van der Waals surface area contributed by atoms with Crippen LogP contribution in [0.5, 0.6) is 0 Å². The van der Waals surface area contributed by atoms with Crippen LogP contribution in [0.3, 0.4) is 0 Å². The Balaban J connectivity index is 1.85. The quantitative estimate of drug-likeness (QED) is 0.387. The van der Waals surface area contributed by atoms with Gasteiger partial charge in [-0.05, 0) is 51.0 Å². The molecule has 2 unspecified atom stereocenters. The van der Waals surface area contributed by atoms with E-state index in [1.807, 2.05) is 49.1 Å². The van der Waals surface area contributed by atoms with Crippen LogP contribution in [0.25, 0.3) is 0 Å². The van der Waals surface area contributed by atoms with E-state index in [4.69, 9.17) is 5.21 Å². The van der Waals surface area contributed by atoms with E-state index in [-0.39, 0.29) is 24.3 Å². The standard InChI is InChI=1S/C21H31N3O5/c1-3-23(4-2)20(26)21(17-11-7-5-8-12-17)15-18(21)16-22-19(25)13-9-6-10-14-29-24(27)28/h5,7-8,11-12,18H,3-4,6,9-10,13-16H2,1-2H3,(H-,22,25,27,28)/p+1. The summed E-state index contributed by atoms with van der Waals surface area (Å²) in [7, 11) is 0. The maximum atomic E-state index is 13.2. The minimum atomic E-state index is -0.555. The molecular weight excluding hydrogens is 374 g/mol. The minimum Gasteiger partial charge on any atom is -0.356 e. The van der Waals surface area contributed by atoms with Crippen molar-refractivity contribution in [1.29, 1.82) is 0 Å². The summed E-state index contributed by atoms with van der Waals surface area (Å²) in [5.41, 5.74) is 0.485. The van der Waals surface area contributed by atoms with Crippen molar-refractivity contribution < 1.29 is 24.7 Å². The number of rotatable bonds is 13. The molecule has 1 fully saturated rings. The van der Waals surface area contributed by atoms with Gasteiger partial charge in [-0.3, -0.25) is 9.59 Å². The summed E-state index contributed by atoms with van der Waals surface area (Å²) in [6.07, 6.45) is 3.11. The van der Waals surface area contributed by atoms with Gasteiger partial charge in [0.1, 0.15) is 4.91 Å². The molecule has 0 aliphatic heterocycles. The van der Waals surface area contributed by atoms with Gasteiger partial charge in [0.2, 0.25) is 11.8 Å². The van der Waals surface area contributed by atoms with E-state index in [1.54, 1.807) is 0 Å². The third kappa shape index (κ3) is 5.92. The molecule has 0 spiro atoms. The van der Waals surface area contributed by atoms with Gasteiger partial charge in [-0.2, -0.15) is 4.84 Å². The molecule has 2 rings (SSSR count). The SMILES string of the molecule is CCN(CC)C(=O)C1(c2ccccc2)CC1CNC(=O)CCCCCO[N+](=O)O. The third-order valence-corrected chi connectivity index (χ3v) is 5.62. The summed E-state index contributed by atoms with van der Waals surface area (Å²) >= 11 is 0. The van der Waals surface area contributed by atoms with Crippen LogP contribution in [0.15, 0.2) is 30.3 Å². The maximum absolute atomic E-state index is 13.2. The van der Waals surface area contributed by atoms with Gasteiger partial charge in [0.25, 0.3) is 0 Å². The summed E-state index contributed by atoms with van der Waals surface area (Å²) < 4.78 is 0. The molecule has 1 aromatic carbocycles. The van der Waals surface area contributed by atoms with Crippen LogP contribution in [-0.2, 0) is 19.8 Å². The highest BCUT2D eigenvalue weighted by atomic mass is 16.9. The molecule has 0 radical (unpaired) electrons. The number of nitrogens with one attached hydrogen (secondary N) is 1. The van der Waals surface area contributed by atoms with Crippen LogP contribution >= 0.6 is 0 Å². The number of hydrogen-bond donors (Lipinski definition) is 2. The van der Waals surface area contributed by atoms with Gasteiger partial charge in [0.05, 0.1) is 5.41 Å². The van der Waals surface area contributed by atoms with Crippen molar-refractivity contribution in [3.8, 4) is 0 Å².